The second kappa shape index (κ2) is 6.50. The summed E-state index contributed by atoms with van der Waals surface area (Å²) in [7, 11) is 0. The number of carbonyl (C=O) groups is 1. The van der Waals surface area contributed by atoms with Gasteiger partial charge in [-0.1, -0.05) is 0 Å². The summed E-state index contributed by atoms with van der Waals surface area (Å²) < 4.78 is 5.31. The van der Waals surface area contributed by atoms with Gasteiger partial charge in [0.15, 0.2) is 0 Å². The molecule has 104 valence electrons. The van der Waals surface area contributed by atoms with Gasteiger partial charge in [0.25, 0.3) is 0 Å². The summed E-state index contributed by atoms with van der Waals surface area (Å²) in [5, 5.41) is 6.33. The van der Waals surface area contributed by atoms with E-state index in [2.05, 4.69) is 29.4 Å². The first kappa shape index (κ1) is 13.8. The van der Waals surface area contributed by atoms with Gasteiger partial charge in [-0.3, -0.25) is 4.79 Å². The molecule has 0 bridgehead atoms. The first-order chi connectivity index (χ1) is 8.66. The van der Waals surface area contributed by atoms with Gasteiger partial charge in [0.1, 0.15) is 6.04 Å². The number of likely N-dealkylation sites (tertiary alicyclic amines) is 1. The Morgan fingerprint density at radius 2 is 2.11 bits per heavy atom. The van der Waals surface area contributed by atoms with Crippen molar-refractivity contribution in [1.82, 2.24) is 15.5 Å². The molecular formula is C13H25N3O2. The van der Waals surface area contributed by atoms with Gasteiger partial charge < -0.3 is 20.3 Å². The first-order valence-electron chi connectivity index (χ1n) is 7.02. The third-order valence-corrected chi connectivity index (χ3v) is 3.84. The minimum atomic E-state index is -0.165. The molecule has 0 spiro atoms. The SMILES string of the molecule is CC(C)N1CCC(NC(=O)C2COCCN2)CC1. The highest BCUT2D eigenvalue weighted by Crippen LogP contribution is 2.13. The number of nitrogens with one attached hydrogen (secondary N) is 2. The van der Waals surface area contributed by atoms with Crippen LogP contribution in [0.3, 0.4) is 0 Å². The fourth-order valence-corrected chi connectivity index (χ4v) is 2.60. The van der Waals surface area contributed by atoms with E-state index < -0.39 is 0 Å². The van der Waals surface area contributed by atoms with Crippen LogP contribution in [-0.2, 0) is 9.53 Å². The Labute approximate surface area is 109 Å². The van der Waals surface area contributed by atoms with Crippen molar-refractivity contribution >= 4 is 5.91 Å². The summed E-state index contributed by atoms with van der Waals surface area (Å²) in [5.74, 6) is 0.0951. The molecule has 2 aliphatic heterocycles. The van der Waals surface area contributed by atoms with Crippen LogP contribution in [0.2, 0.25) is 0 Å². The van der Waals surface area contributed by atoms with Gasteiger partial charge in [0.2, 0.25) is 5.91 Å². The number of ether oxygens (including phenoxy) is 1. The maximum Gasteiger partial charge on any atom is 0.239 e. The van der Waals surface area contributed by atoms with E-state index in [1.54, 1.807) is 0 Å². The first-order valence-corrected chi connectivity index (χ1v) is 7.02. The zero-order valence-corrected chi connectivity index (χ0v) is 11.4. The topological polar surface area (TPSA) is 53.6 Å². The Hall–Kier alpha value is -0.650. The van der Waals surface area contributed by atoms with Crippen LogP contribution in [0.4, 0.5) is 0 Å². The molecule has 1 atom stereocenters. The molecule has 0 saturated carbocycles. The van der Waals surface area contributed by atoms with Gasteiger partial charge in [0, 0.05) is 31.7 Å². The van der Waals surface area contributed by atoms with Crippen molar-refractivity contribution in [2.24, 2.45) is 0 Å². The van der Waals surface area contributed by atoms with Gasteiger partial charge in [0.05, 0.1) is 13.2 Å². The van der Waals surface area contributed by atoms with E-state index in [1.165, 1.54) is 0 Å². The number of rotatable bonds is 3. The Kier molecular flexibility index (Phi) is 4.97. The molecule has 0 aromatic carbocycles. The van der Waals surface area contributed by atoms with Crippen LogP contribution in [-0.4, -0.2) is 61.8 Å². The average Bonchev–Trinajstić information content (AvgIpc) is 2.40. The van der Waals surface area contributed by atoms with Crippen LogP contribution in [0.15, 0.2) is 0 Å². The standard InChI is InChI=1S/C13H25N3O2/c1-10(2)16-6-3-11(4-7-16)15-13(17)12-9-18-8-5-14-12/h10-12,14H,3-9H2,1-2H3,(H,15,17). The smallest absolute Gasteiger partial charge is 0.239 e. The molecule has 1 amide bonds. The highest BCUT2D eigenvalue weighted by Gasteiger charge is 2.26. The lowest BCUT2D eigenvalue weighted by Crippen LogP contribution is -2.55. The number of nitrogens with zero attached hydrogens (tertiary/aromatic N) is 1. The van der Waals surface area contributed by atoms with E-state index in [-0.39, 0.29) is 11.9 Å². The van der Waals surface area contributed by atoms with Crippen molar-refractivity contribution in [1.29, 1.82) is 0 Å². The monoisotopic (exact) mass is 255 g/mol. The highest BCUT2D eigenvalue weighted by atomic mass is 16.5. The van der Waals surface area contributed by atoms with Gasteiger partial charge in [-0.25, -0.2) is 0 Å². The van der Waals surface area contributed by atoms with E-state index in [0.717, 1.165) is 32.5 Å². The summed E-state index contributed by atoms with van der Waals surface area (Å²) in [5.41, 5.74) is 0. The van der Waals surface area contributed by atoms with Gasteiger partial charge in [-0.2, -0.15) is 0 Å². The molecule has 2 fully saturated rings. The average molecular weight is 255 g/mol. The minimum absolute atomic E-state index is 0.0951. The lowest BCUT2D eigenvalue weighted by molar-refractivity contribution is -0.127. The summed E-state index contributed by atoms with van der Waals surface area (Å²) in [6.45, 7) is 8.58. The van der Waals surface area contributed by atoms with Crippen LogP contribution in [0.5, 0.6) is 0 Å². The van der Waals surface area contributed by atoms with Crippen molar-refractivity contribution in [3.05, 3.63) is 0 Å². The number of amides is 1. The quantitative estimate of drug-likeness (QED) is 0.743. The molecule has 18 heavy (non-hydrogen) atoms. The molecule has 0 aliphatic carbocycles. The molecule has 5 nitrogen and oxygen atoms in total. The van der Waals surface area contributed by atoms with Crippen molar-refractivity contribution in [2.75, 3.05) is 32.8 Å². The lowest BCUT2D eigenvalue weighted by atomic mass is 10.0. The normalized spacial score (nSPS) is 27.4. The molecule has 1 unspecified atom stereocenters. The molecule has 2 heterocycles. The van der Waals surface area contributed by atoms with Crippen LogP contribution in [0, 0.1) is 0 Å². The van der Waals surface area contributed by atoms with Crippen molar-refractivity contribution in [3.63, 3.8) is 0 Å². The predicted octanol–water partition coefficient (Wildman–Crippen LogP) is -0.0362. The van der Waals surface area contributed by atoms with Gasteiger partial charge in [-0.15, -0.1) is 0 Å². The van der Waals surface area contributed by atoms with E-state index in [4.69, 9.17) is 4.74 Å². The Bertz CT molecular complexity index is 269. The molecule has 0 radical (unpaired) electrons. The Morgan fingerprint density at radius 1 is 1.39 bits per heavy atom. The predicted molar refractivity (Wildman–Crippen MR) is 70.5 cm³/mol. The summed E-state index contributed by atoms with van der Waals surface area (Å²) >= 11 is 0. The Balaban J connectivity index is 1.72. The maximum absolute atomic E-state index is 12.0. The molecule has 2 saturated heterocycles. The number of piperidine rings is 1. The number of carbonyl (C=O) groups excluding carboxylic acids is 1. The largest absolute Gasteiger partial charge is 0.378 e. The van der Waals surface area contributed by atoms with Crippen LogP contribution in [0.1, 0.15) is 26.7 Å². The van der Waals surface area contributed by atoms with E-state index in [1.807, 2.05) is 0 Å². The second-order valence-electron chi connectivity index (χ2n) is 5.49. The third kappa shape index (κ3) is 3.67. The summed E-state index contributed by atoms with van der Waals surface area (Å²) in [6.07, 6.45) is 2.11. The molecule has 2 rings (SSSR count). The fourth-order valence-electron chi connectivity index (χ4n) is 2.60. The molecule has 0 aromatic rings. The third-order valence-electron chi connectivity index (χ3n) is 3.84. The minimum Gasteiger partial charge on any atom is -0.378 e. The van der Waals surface area contributed by atoms with E-state index in [9.17, 15) is 4.79 Å². The van der Waals surface area contributed by atoms with Crippen LogP contribution < -0.4 is 10.6 Å². The number of hydrogen-bond donors (Lipinski definition) is 2. The van der Waals surface area contributed by atoms with Gasteiger partial charge in [-0.05, 0) is 26.7 Å². The Morgan fingerprint density at radius 3 is 2.67 bits per heavy atom. The number of hydrogen-bond acceptors (Lipinski definition) is 4. The van der Waals surface area contributed by atoms with E-state index >= 15 is 0 Å². The molecular weight excluding hydrogens is 230 g/mol. The zero-order chi connectivity index (χ0) is 13.0. The van der Waals surface area contributed by atoms with Gasteiger partial charge >= 0.3 is 0 Å². The van der Waals surface area contributed by atoms with Crippen molar-refractivity contribution in [3.8, 4) is 0 Å². The van der Waals surface area contributed by atoms with Crippen LogP contribution >= 0.6 is 0 Å². The molecule has 5 heteroatoms. The second-order valence-corrected chi connectivity index (χ2v) is 5.49. The number of morpholine rings is 1. The highest BCUT2D eigenvalue weighted by molar-refractivity contribution is 5.82. The fraction of sp³-hybridized carbons (Fsp3) is 0.923. The molecule has 0 aromatic heterocycles. The van der Waals surface area contributed by atoms with E-state index in [0.29, 0.717) is 25.3 Å². The molecule has 2 N–H and O–H groups in total. The lowest BCUT2D eigenvalue weighted by Gasteiger charge is -2.35. The summed E-state index contributed by atoms with van der Waals surface area (Å²) in [4.78, 5) is 14.5. The summed E-state index contributed by atoms with van der Waals surface area (Å²) in [6, 6.07) is 0.771. The maximum atomic E-state index is 12.0. The van der Waals surface area contributed by atoms with Crippen LogP contribution in [0.25, 0.3) is 0 Å². The van der Waals surface area contributed by atoms with Crippen molar-refractivity contribution in [2.45, 2.75) is 44.8 Å². The zero-order valence-electron chi connectivity index (χ0n) is 11.4. The van der Waals surface area contributed by atoms with Crippen molar-refractivity contribution < 1.29 is 9.53 Å². The molecule has 2 aliphatic rings.